The van der Waals surface area contributed by atoms with Crippen LogP contribution in [0.2, 0.25) is 0 Å². The fraction of sp³-hybridized carbons (Fsp3) is 0.200. The zero-order valence-corrected chi connectivity index (χ0v) is 7.20. The van der Waals surface area contributed by atoms with Gasteiger partial charge in [-0.1, -0.05) is 12.2 Å². The number of nitrogen functional groups attached to an aromatic ring is 1. The predicted molar refractivity (Wildman–Crippen MR) is 51.5 cm³/mol. The summed E-state index contributed by atoms with van der Waals surface area (Å²) in [5, 5.41) is 8.51. The van der Waals surface area contributed by atoms with Gasteiger partial charge in [-0.25, -0.2) is 4.39 Å². The van der Waals surface area contributed by atoms with Crippen molar-refractivity contribution in [2.45, 2.75) is 6.42 Å². The minimum atomic E-state index is -0.308. The molecule has 0 radical (unpaired) electrons. The number of rotatable bonds is 3. The molecule has 0 aliphatic heterocycles. The maximum absolute atomic E-state index is 12.7. The number of nitrogens with two attached hydrogens (primary N) is 1. The maximum Gasteiger partial charge on any atom is 0.123 e. The lowest BCUT2D eigenvalue weighted by Crippen LogP contribution is -1.89. The maximum atomic E-state index is 12.7. The second-order valence-electron chi connectivity index (χ2n) is 2.69. The smallest absolute Gasteiger partial charge is 0.123 e. The minimum absolute atomic E-state index is 0.0890. The summed E-state index contributed by atoms with van der Waals surface area (Å²) in [5.74, 6) is -0.308. The van der Waals surface area contributed by atoms with Crippen molar-refractivity contribution in [1.29, 1.82) is 0 Å². The Morgan fingerprint density at radius 2 is 2.23 bits per heavy atom. The molecule has 0 aliphatic rings. The first kappa shape index (κ1) is 9.74. The van der Waals surface area contributed by atoms with Gasteiger partial charge >= 0.3 is 0 Å². The van der Waals surface area contributed by atoms with Crippen molar-refractivity contribution in [2.24, 2.45) is 0 Å². The number of aliphatic hydroxyl groups is 1. The summed E-state index contributed by atoms with van der Waals surface area (Å²) in [5.41, 5.74) is 6.78. The third kappa shape index (κ3) is 2.87. The second kappa shape index (κ2) is 4.62. The minimum Gasteiger partial charge on any atom is -0.398 e. The molecule has 0 saturated heterocycles. The molecule has 13 heavy (non-hydrogen) atoms. The molecule has 1 aromatic carbocycles. The lowest BCUT2D eigenvalue weighted by Gasteiger charge is -1.99. The van der Waals surface area contributed by atoms with Crippen molar-refractivity contribution in [3.05, 3.63) is 35.7 Å². The van der Waals surface area contributed by atoms with Gasteiger partial charge in [0.1, 0.15) is 5.82 Å². The molecule has 0 bridgehead atoms. The van der Waals surface area contributed by atoms with Gasteiger partial charge in [0.05, 0.1) is 0 Å². The topological polar surface area (TPSA) is 46.2 Å². The Balaban J connectivity index is 2.81. The van der Waals surface area contributed by atoms with Crippen LogP contribution < -0.4 is 5.73 Å². The van der Waals surface area contributed by atoms with Gasteiger partial charge in [0, 0.05) is 12.3 Å². The van der Waals surface area contributed by atoms with E-state index >= 15 is 0 Å². The molecule has 1 aromatic rings. The number of hydrogen-bond donors (Lipinski definition) is 2. The highest BCUT2D eigenvalue weighted by Crippen LogP contribution is 2.14. The van der Waals surface area contributed by atoms with Crippen LogP contribution in [0.25, 0.3) is 6.08 Å². The molecule has 2 nitrogen and oxygen atoms in total. The van der Waals surface area contributed by atoms with Gasteiger partial charge in [-0.3, -0.25) is 0 Å². The van der Waals surface area contributed by atoms with Gasteiger partial charge < -0.3 is 10.8 Å². The Kier molecular flexibility index (Phi) is 3.46. The second-order valence-corrected chi connectivity index (χ2v) is 2.69. The lowest BCUT2D eigenvalue weighted by atomic mass is 10.1. The molecule has 0 atom stereocenters. The van der Waals surface area contributed by atoms with E-state index in [0.29, 0.717) is 17.7 Å². The zero-order chi connectivity index (χ0) is 9.68. The predicted octanol–water partition coefficient (Wildman–Crippen LogP) is 1.80. The van der Waals surface area contributed by atoms with Crippen molar-refractivity contribution < 1.29 is 9.50 Å². The van der Waals surface area contributed by atoms with Crippen LogP contribution in [0.1, 0.15) is 12.0 Å². The van der Waals surface area contributed by atoms with Crippen molar-refractivity contribution in [3.63, 3.8) is 0 Å². The molecule has 70 valence electrons. The SMILES string of the molecule is Nc1ccc(F)cc1C=CCCO. The molecular weight excluding hydrogens is 169 g/mol. The average molecular weight is 181 g/mol. The summed E-state index contributed by atoms with van der Waals surface area (Å²) < 4.78 is 12.7. The van der Waals surface area contributed by atoms with Crippen molar-refractivity contribution >= 4 is 11.8 Å². The summed E-state index contributed by atoms with van der Waals surface area (Å²) in [6.45, 7) is 0.0890. The number of hydrogen-bond acceptors (Lipinski definition) is 2. The summed E-state index contributed by atoms with van der Waals surface area (Å²) in [6, 6.07) is 4.20. The van der Waals surface area contributed by atoms with E-state index in [4.69, 9.17) is 10.8 Å². The molecule has 0 aliphatic carbocycles. The van der Waals surface area contributed by atoms with Crippen molar-refractivity contribution in [1.82, 2.24) is 0 Å². The van der Waals surface area contributed by atoms with Crippen LogP contribution in [0.3, 0.4) is 0 Å². The van der Waals surface area contributed by atoms with Gasteiger partial charge in [-0.2, -0.15) is 0 Å². The highest BCUT2D eigenvalue weighted by Gasteiger charge is 1.96. The first-order chi connectivity index (χ1) is 6.24. The van der Waals surface area contributed by atoms with Crippen LogP contribution >= 0.6 is 0 Å². The number of benzene rings is 1. The van der Waals surface area contributed by atoms with E-state index in [1.165, 1.54) is 18.2 Å². The molecule has 1 rings (SSSR count). The molecular formula is C10H12FNO. The van der Waals surface area contributed by atoms with Crippen LogP contribution in [0, 0.1) is 5.82 Å². The standard InChI is InChI=1S/C10H12FNO/c11-9-4-5-10(12)8(7-9)3-1-2-6-13/h1,3-5,7,13H,2,6,12H2. The quantitative estimate of drug-likeness (QED) is 0.698. The molecule has 0 aromatic heterocycles. The normalized spacial score (nSPS) is 10.9. The molecule has 0 saturated carbocycles. The van der Waals surface area contributed by atoms with E-state index in [0.717, 1.165) is 0 Å². The number of halogens is 1. The van der Waals surface area contributed by atoms with Gasteiger partial charge in [-0.15, -0.1) is 0 Å². The van der Waals surface area contributed by atoms with Gasteiger partial charge in [0.2, 0.25) is 0 Å². The van der Waals surface area contributed by atoms with Crippen LogP contribution in [0.5, 0.6) is 0 Å². The fourth-order valence-corrected chi connectivity index (χ4v) is 0.975. The summed E-state index contributed by atoms with van der Waals surface area (Å²) >= 11 is 0. The summed E-state index contributed by atoms with van der Waals surface area (Å²) in [7, 11) is 0. The first-order valence-electron chi connectivity index (χ1n) is 4.06. The van der Waals surface area contributed by atoms with Gasteiger partial charge in [0.15, 0.2) is 0 Å². The molecule has 0 amide bonds. The Morgan fingerprint density at radius 3 is 2.92 bits per heavy atom. The highest BCUT2D eigenvalue weighted by molar-refractivity contribution is 5.64. The van der Waals surface area contributed by atoms with E-state index < -0.39 is 0 Å². The average Bonchev–Trinajstić information content (AvgIpc) is 2.11. The van der Waals surface area contributed by atoms with Crippen LogP contribution in [0.15, 0.2) is 24.3 Å². The molecule has 0 fully saturated rings. The lowest BCUT2D eigenvalue weighted by molar-refractivity contribution is 0.303. The van der Waals surface area contributed by atoms with E-state index in [1.807, 2.05) is 0 Å². The monoisotopic (exact) mass is 181 g/mol. The highest BCUT2D eigenvalue weighted by atomic mass is 19.1. The molecule has 0 unspecified atom stereocenters. The summed E-state index contributed by atoms with van der Waals surface area (Å²) in [4.78, 5) is 0. The van der Waals surface area contributed by atoms with Crippen LogP contribution in [-0.4, -0.2) is 11.7 Å². The van der Waals surface area contributed by atoms with Crippen LogP contribution in [-0.2, 0) is 0 Å². The van der Waals surface area contributed by atoms with E-state index in [1.54, 1.807) is 12.2 Å². The van der Waals surface area contributed by atoms with E-state index in [2.05, 4.69) is 0 Å². The first-order valence-corrected chi connectivity index (χ1v) is 4.06. The molecule has 3 N–H and O–H groups in total. The van der Waals surface area contributed by atoms with E-state index in [-0.39, 0.29) is 12.4 Å². The molecule has 0 heterocycles. The Labute approximate surface area is 76.5 Å². The van der Waals surface area contributed by atoms with Crippen molar-refractivity contribution in [3.8, 4) is 0 Å². The third-order valence-electron chi connectivity index (χ3n) is 1.64. The zero-order valence-electron chi connectivity index (χ0n) is 7.20. The van der Waals surface area contributed by atoms with E-state index in [9.17, 15) is 4.39 Å². The Morgan fingerprint density at radius 1 is 1.46 bits per heavy atom. The molecule has 3 heteroatoms. The largest absolute Gasteiger partial charge is 0.398 e. The number of anilines is 1. The summed E-state index contributed by atoms with van der Waals surface area (Å²) in [6.07, 6.45) is 4.01. The van der Waals surface area contributed by atoms with Gasteiger partial charge in [0.25, 0.3) is 0 Å². The van der Waals surface area contributed by atoms with Gasteiger partial charge in [-0.05, 0) is 30.2 Å². The Hall–Kier alpha value is -1.35. The van der Waals surface area contributed by atoms with Crippen LogP contribution in [0.4, 0.5) is 10.1 Å². The van der Waals surface area contributed by atoms with Crippen molar-refractivity contribution in [2.75, 3.05) is 12.3 Å². The number of aliphatic hydroxyl groups excluding tert-OH is 1. The molecule has 0 spiro atoms. The Bertz CT molecular complexity index is 310. The third-order valence-corrected chi connectivity index (χ3v) is 1.64. The fourth-order valence-electron chi connectivity index (χ4n) is 0.975.